The van der Waals surface area contributed by atoms with Crippen molar-refractivity contribution in [1.82, 2.24) is 4.90 Å². The summed E-state index contributed by atoms with van der Waals surface area (Å²) >= 11 is 0.807. The van der Waals surface area contributed by atoms with E-state index in [0.717, 1.165) is 22.2 Å². The Kier molecular flexibility index (Phi) is 4.01. The third kappa shape index (κ3) is 2.85. The van der Waals surface area contributed by atoms with Crippen LogP contribution in [0.5, 0.6) is 0 Å². The maximum atomic E-state index is 13.6. The standard InChI is InChI=1S/C13H13FN2O2S/c1-8-2-3-10(14)9(6-8)7-11-12(17)16(5-4-15)13(18)19-11/h2-3,6-7H,4-5,15H2,1H3/b11-7+. The average Bonchev–Trinajstić information content (AvgIpc) is 2.62. The lowest BCUT2D eigenvalue weighted by atomic mass is 10.1. The maximum Gasteiger partial charge on any atom is 0.293 e. The largest absolute Gasteiger partial charge is 0.329 e. The molecule has 1 fully saturated rings. The zero-order chi connectivity index (χ0) is 14.0. The molecule has 19 heavy (non-hydrogen) atoms. The van der Waals surface area contributed by atoms with Gasteiger partial charge in [0, 0.05) is 18.7 Å². The van der Waals surface area contributed by atoms with Gasteiger partial charge in [0.15, 0.2) is 0 Å². The van der Waals surface area contributed by atoms with E-state index >= 15 is 0 Å². The molecule has 100 valence electrons. The molecule has 2 amide bonds. The van der Waals surface area contributed by atoms with Gasteiger partial charge in [0.1, 0.15) is 5.82 Å². The van der Waals surface area contributed by atoms with Crippen LogP contribution in [0.4, 0.5) is 9.18 Å². The van der Waals surface area contributed by atoms with Crippen molar-refractivity contribution in [2.24, 2.45) is 5.73 Å². The summed E-state index contributed by atoms with van der Waals surface area (Å²) in [6.45, 7) is 2.22. The fraction of sp³-hybridized carbons (Fsp3) is 0.231. The third-order valence-corrected chi connectivity index (χ3v) is 3.57. The fourth-order valence-corrected chi connectivity index (χ4v) is 2.59. The zero-order valence-corrected chi connectivity index (χ0v) is 11.2. The van der Waals surface area contributed by atoms with Gasteiger partial charge >= 0.3 is 0 Å². The summed E-state index contributed by atoms with van der Waals surface area (Å²) in [6, 6.07) is 4.62. The Labute approximate surface area is 114 Å². The highest BCUT2D eigenvalue weighted by Crippen LogP contribution is 2.32. The molecule has 1 aromatic rings. The van der Waals surface area contributed by atoms with E-state index in [1.54, 1.807) is 12.1 Å². The Morgan fingerprint density at radius 3 is 2.84 bits per heavy atom. The molecule has 6 heteroatoms. The second kappa shape index (κ2) is 5.54. The molecule has 1 heterocycles. The topological polar surface area (TPSA) is 63.4 Å². The molecule has 2 N–H and O–H groups in total. The van der Waals surface area contributed by atoms with Crippen LogP contribution >= 0.6 is 11.8 Å². The SMILES string of the molecule is Cc1ccc(F)c(/C=C2/SC(=O)N(CCN)C2=O)c1. The van der Waals surface area contributed by atoms with Crippen molar-refractivity contribution in [1.29, 1.82) is 0 Å². The summed E-state index contributed by atoms with van der Waals surface area (Å²) in [5.41, 5.74) is 6.53. The number of aryl methyl sites for hydroxylation is 1. The summed E-state index contributed by atoms with van der Waals surface area (Å²) in [6.07, 6.45) is 1.41. The number of amides is 2. The molecule has 1 saturated heterocycles. The summed E-state index contributed by atoms with van der Waals surface area (Å²) in [7, 11) is 0. The molecule has 0 unspecified atom stereocenters. The quantitative estimate of drug-likeness (QED) is 0.861. The van der Waals surface area contributed by atoms with Crippen LogP contribution in [0, 0.1) is 12.7 Å². The summed E-state index contributed by atoms with van der Waals surface area (Å²) in [5.74, 6) is -0.836. The van der Waals surface area contributed by atoms with Crippen LogP contribution < -0.4 is 5.73 Å². The predicted molar refractivity (Wildman–Crippen MR) is 72.9 cm³/mol. The molecule has 1 aromatic carbocycles. The molecule has 0 saturated carbocycles. The van der Waals surface area contributed by atoms with E-state index in [2.05, 4.69) is 0 Å². The van der Waals surface area contributed by atoms with Crippen molar-refractivity contribution in [3.8, 4) is 0 Å². The molecule has 4 nitrogen and oxygen atoms in total. The van der Waals surface area contributed by atoms with Gasteiger partial charge in [-0.2, -0.15) is 0 Å². The van der Waals surface area contributed by atoms with Crippen molar-refractivity contribution in [2.75, 3.05) is 13.1 Å². The number of carbonyl (C=O) groups is 2. The predicted octanol–water partition coefficient (Wildman–Crippen LogP) is 2.13. The van der Waals surface area contributed by atoms with Crippen molar-refractivity contribution in [2.45, 2.75) is 6.92 Å². The van der Waals surface area contributed by atoms with Crippen molar-refractivity contribution in [3.05, 3.63) is 40.0 Å². The number of hydrogen-bond donors (Lipinski definition) is 1. The molecule has 0 aromatic heterocycles. The first-order valence-electron chi connectivity index (χ1n) is 5.74. The highest BCUT2D eigenvalue weighted by atomic mass is 32.2. The van der Waals surface area contributed by atoms with E-state index in [1.165, 1.54) is 12.1 Å². The Morgan fingerprint density at radius 1 is 1.42 bits per heavy atom. The van der Waals surface area contributed by atoms with Crippen LogP contribution in [0.25, 0.3) is 6.08 Å². The van der Waals surface area contributed by atoms with Gasteiger partial charge in [-0.25, -0.2) is 4.39 Å². The minimum absolute atomic E-state index is 0.179. The second-order valence-corrected chi connectivity index (χ2v) is 5.14. The summed E-state index contributed by atoms with van der Waals surface area (Å²) < 4.78 is 13.6. The number of nitrogens with zero attached hydrogens (tertiary/aromatic N) is 1. The zero-order valence-electron chi connectivity index (χ0n) is 10.4. The van der Waals surface area contributed by atoms with E-state index in [4.69, 9.17) is 5.73 Å². The number of halogens is 1. The van der Waals surface area contributed by atoms with Gasteiger partial charge in [-0.15, -0.1) is 0 Å². The molecule has 1 aliphatic rings. The van der Waals surface area contributed by atoms with Gasteiger partial charge in [0.25, 0.3) is 11.1 Å². The Morgan fingerprint density at radius 2 is 2.16 bits per heavy atom. The highest BCUT2D eigenvalue weighted by Gasteiger charge is 2.34. The third-order valence-electron chi connectivity index (χ3n) is 2.66. The molecule has 2 rings (SSSR count). The number of benzene rings is 1. The lowest BCUT2D eigenvalue weighted by Crippen LogP contribution is -2.33. The average molecular weight is 280 g/mol. The Balaban J connectivity index is 2.32. The van der Waals surface area contributed by atoms with Crippen molar-refractivity contribution >= 4 is 29.0 Å². The maximum absolute atomic E-state index is 13.6. The fourth-order valence-electron chi connectivity index (χ4n) is 1.74. The second-order valence-electron chi connectivity index (χ2n) is 4.15. The molecule has 0 radical (unpaired) electrons. The van der Waals surface area contributed by atoms with Crippen LogP contribution in [0.1, 0.15) is 11.1 Å². The van der Waals surface area contributed by atoms with Gasteiger partial charge in [0.05, 0.1) is 4.91 Å². The van der Waals surface area contributed by atoms with Crippen LogP contribution in [0.15, 0.2) is 23.1 Å². The van der Waals surface area contributed by atoms with E-state index in [-0.39, 0.29) is 23.2 Å². The minimum atomic E-state index is -0.420. The smallest absolute Gasteiger partial charge is 0.293 e. The van der Waals surface area contributed by atoms with Crippen molar-refractivity contribution < 1.29 is 14.0 Å². The van der Waals surface area contributed by atoms with Gasteiger partial charge in [0.2, 0.25) is 0 Å². The first kappa shape index (κ1) is 13.8. The Hall–Kier alpha value is -1.66. The molecule has 1 aliphatic heterocycles. The monoisotopic (exact) mass is 280 g/mol. The van der Waals surface area contributed by atoms with Crippen molar-refractivity contribution in [3.63, 3.8) is 0 Å². The van der Waals surface area contributed by atoms with Gasteiger partial charge in [-0.1, -0.05) is 11.6 Å². The summed E-state index contributed by atoms with van der Waals surface area (Å²) in [5, 5.41) is -0.366. The number of thioether (sulfide) groups is 1. The lowest BCUT2D eigenvalue weighted by Gasteiger charge is -2.09. The normalized spacial score (nSPS) is 17.6. The molecular formula is C13H13FN2O2S. The van der Waals surface area contributed by atoms with Gasteiger partial charge in [-0.05, 0) is 36.9 Å². The lowest BCUT2D eigenvalue weighted by molar-refractivity contribution is -0.122. The van der Waals surface area contributed by atoms with Crippen LogP contribution in [0.3, 0.4) is 0 Å². The number of hydrogen-bond acceptors (Lipinski definition) is 4. The molecule has 0 bridgehead atoms. The molecule has 0 atom stereocenters. The highest BCUT2D eigenvalue weighted by molar-refractivity contribution is 8.18. The molecular weight excluding hydrogens is 267 g/mol. The van der Waals surface area contributed by atoms with E-state index in [0.29, 0.717) is 5.56 Å². The first-order chi connectivity index (χ1) is 9.02. The number of imide groups is 1. The van der Waals surface area contributed by atoms with Crippen LogP contribution in [-0.2, 0) is 4.79 Å². The van der Waals surface area contributed by atoms with Gasteiger partial charge < -0.3 is 5.73 Å². The van der Waals surface area contributed by atoms with E-state index < -0.39 is 11.7 Å². The van der Waals surface area contributed by atoms with E-state index in [1.807, 2.05) is 6.92 Å². The first-order valence-corrected chi connectivity index (χ1v) is 6.56. The number of rotatable bonds is 3. The van der Waals surface area contributed by atoms with E-state index in [9.17, 15) is 14.0 Å². The van der Waals surface area contributed by atoms with Crippen LogP contribution in [0.2, 0.25) is 0 Å². The molecule has 0 aliphatic carbocycles. The minimum Gasteiger partial charge on any atom is -0.329 e. The number of nitrogens with two attached hydrogens (primary N) is 1. The molecule has 0 spiro atoms. The number of carbonyl (C=O) groups excluding carboxylic acids is 2. The Bertz CT molecular complexity index is 572. The van der Waals surface area contributed by atoms with Crippen LogP contribution in [-0.4, -0.2) is 29.1 Å². The summed E-state index contributed by atoms with van der Waals surface area (Å²) in [4.78, 5) is 24.8. The van der Waals surface area contributed by atoms with Gasteiger partial charge in [-0.3, -0.25) is 14.5 Å².